The Morgan fingerprint density at radius 1 is 1.21 bits per heavy atom. The van der Waals surface area contributed by atoms with Crippen LogP contribution in [0.5, 0.6) is 0 Å². The summed E-state index contributed by atoms with van der Waals surface area (Å²) >= 11 is 5.97. The minimum atomic E-state index is -0.521. The van der Waals surface area contributed by atoms with E-state index in [0.29, 0.717) is 21.8 Å². The summed E-state index contributed by atoms with van der Waals surface area (Å²) in [5, 5.41) is 8.39. The zero-order valence-corrected chi connectivity index (χ0v) is 12.9. The molecule has 0 fully saturated rings. The van der Waals surface area contributed by atoms with Gasteiger partial charge in [-0.1, -0.05) is 28.9 Å². The molecule has 2 aromatic carbocycles. The fourth-order valence-electron chi connectivity index (χ4n) is 2.47. The van der Waals surface area contributed by atoms with E-state index in [4.69, 9.17) is 16.0 Å². The zero-order chi connectivity index (χ0) is 16.7. The highest BCUT2D eigenvalue weighted by atomic mass is 35.5. The third-order valence-corrected chi connectivity index (χ3v) is 3.82. The van der Waals surface area contributed by atoms with Crippen molar-refractivity contribution in [2.75, 3.05) is 0 Å². The number of nitrogens with zero attached hydrogens (tertiary/aromatic N) is 4. The number of halogens is 2. The molecule has 0 amide bonds. The van der Waals surface area contributed by atoms with Gasteiger partial charge in [-0.2, -0.15) is 0 Å². The van der Waals surface area contributed by atoms with Gasteiger partial charge in [0.25, 0.3) is 0 Å². The zero-order valence-electron chi connectivity index (χ0n) is 12.2. The Bertz CT molecular complexity index is 1100. The molecule has 0 radical (unpaired) electrons. The van der Waals surface area contributed by atoms with E-state index >= 15 is 0 Å². The van der Waals surface area contributed by atoms with Gasteiger partial charge < -0.3 is 4.42 Å². The molecule has 4 aromatic rings. The van der Waals surface area contributed by atoms with Crippen LogP contribution in [-0.4, -0.2) is 19.6 Å². The molecule has 0 bridgehead atoms. The van der Waals surface area contributed by atoms with Crippen molar-refractivity contribution < 1.29 is 8.81 Å². The molecule has 4 rings (SSSR count). The second kappa shape index (κ2) is 5.61. The number of hydrogen-bond donors (Lipinski definition) is 0. The first-order valence-corrected chi connectivity index (χ1v) is 7.44. The van der Waals surface area contributed by atoms with E-state index in [1.54, 1.807) is 42.6 Å². The highest BCUT2D eigenvalue weighted by Crippen LogP contribution is 2.19. The summed E-state index contributed by atoms with van der Waals surface area (Å²) < 4.78 is 21.7. The number of para-hydroxylation sites is 1. The second-order valence-electron chi connectivity index (χ2n) is 5.17. The van der Waals surface area contributed by atoms with Crippen LogP contribution in [0.4, 0.5) is 4.39 Å². The first-order valence-electron chi connectivity index (χ1n) is 7.07. The minimum absolute atomic E-state index is 0.140. The summed E-state index contributed by atoms with van der Waals surface area (Å²) in [4.78, 5) is 12.0. The predicted octanol–water partition coefficient (Wildman–Crippen LogP) is 3.02. The average molecular weight is 345 g/mol. The molecule has 6 nitrogen and oxygen atoms in total. The van der Waals surface area contributed by atoms with Gasteiger partial charge in [0.05, 0.1) is 18.3 Å². The summed E-state index contributed by atoms with van der Waals surface area (Å²) in [6, 6.07) is 11.1. The van der Waals surface area contributed by atoms with Gasteiger partial charge >= 0.3 is 5.76 Å². The van der Waals surface area contributed by atoms with Crippen molar-refractivity contribution in [1.29, 1.82) is 0 Å². The fourth-order valence-corrected chi connectivity index (χ4v) is 2.64. The lowest BCUT2D eigenvalue weighted by atomic mass is 10.3. The predicted molar refractivity (Wildman–Crippen MR) is 85.9 cm³/mol. The molecule has 2 aromatic heterocycles. The van der Waals surface area contributed by atoms with E-state index in [2.05, 4.69) is 10.3 Å². The van der Waals surface area contributed by atoms with E-state index < -0.39 is 11.6 Å². The van der Waals surface area contributed by atoms with Gasteiger partial charge in [-0.05, 0) is 30.3 Å². The van der Waals surface area contributed by atoms with E-state index in [0.717, 1.165) is 0 Å². The maximum Gasteiger partial charge on any atom is 0.420 e. The van der Waals surface area contributed by atoms with Crippen LogP contribution < -0.4 is 5.76 Å². The van der Waals surface area contributed by atoms with Gasteiger partial charge in [0.1, 0.15) is 17.2 Å². The van der Waals surface area contributed by atoms with Crippen LogP contribution in [0.25, 0.3) is 16.8 Å². The fraction of sp³-hybridized carbons (Fsp3) is 0.0625. The quantitative estimate of drug-likeness (QED) is 0.573. The van der Waals surface area contributed by atoms with Crippen molar-refractivity contribution in [3.8, 4) is 5.69 Å². The third kappa shape index (κ3) is 2.48. The molecule has 0 unspecified atom stereocenters. The number of benzene rings is 2. The lowest BCUT2D eigenvalue weighted by Crippen LogP contribution is -2.15. The first kappa shape index (κ1) is 14.6. The molecular weight excluding hydrogens is 335 g/mol. The Balaban J connectivity index is 1.73. The van der Waals surface area contributed by atoms with Crippen molar-refractivity contribution in [3.63, 3.8) is 0 Å². The number of rotatable bonds is 3. The highest BCUT2D eigenvalue weighted by molar-refractivity contribution is 6.31. The van der Waals surface area contributed by atoms with Crippen molar-refractivity contribution in [1.82, 2.24) is 19.6 Å². The molecule has 2 heterocycles. The standard InChI is InChI=1S/C16H10ClFN4O2/c17-10-5-6-15-14(7-10)21(16(23)24-15)8-11-9-22(20-19-11)13-4-2-1-3-12(13)18/h1-7,9H,8H2. The third-order valence-electron chi connectivity index (χ3n) is 3.59. The Kier molecular flexibility index (Phi) is 3.42. The lowest BCUT2D eigenvalue weighted by molar-refractivity contribution is 0.516. The molecule has 0 atom stereocenters. The van der Waals surface area contributed by atoms with Crippen LogP contribution in [0.1, 0.15) is 5.69 Å². The van der Waals surface area contributed by atoms with Crippen LogP contribution in [0, 0.1) is 5.82 Å². The monoisotopic (exact) mass is 344 g/mol. The Morgan fingerprint density at radius 2 is 2.04 bits per heavy atom. The summed E-state index contributed by atoms with van der Waals surface area (Å²) in [7, 11) is 0. The van der Waals surface area contributed by atoms with E-state index in [9.17, 15) is 9.18 Å². The molecule has 0 saturated heterocycles. The number of hydrogen-bond acceptors (Lipinski definition) is 4. The van der Waals surface area contributed by atoms with Crippen LogP contribution >= 0.6 is 11.6 Å². The van der Waals surface area contributed by atoms with Crippen LogP contribution in [0.3, 0.4) is 0 Å². The van der Waals surface area contributed by atoms with Crippen LogP contribution in [0.2, 0.25) is 5.02 Å². The maximum atomic E-state index is 13.8. The highest BCUT2D eigenvalue weighted by Gasteiger charge is 2.13. The molecule has 24 heavy (non-hydrogen) atoms. The summed E-state index contributed by atoms with van der Waals surface area (Å²) in [5.41, 5.74) is 1.77. The molecule has 0 aliphatic carbocycles. The first-order chi connectivity index (χ1) is 11.6. The number of aromatic nitrogens is 4. The van der Waals surface area contributed by atoms with Crippen molar-refractivity contribution in [3.05, 3.63) is 75.7 Å². The Morgan fingerprint density at radius 3 is 2.88 bits per heavy atom. The van der Waals surface area contributed by atoms with Crippen molar-refractivity contribution >= 4 is 22.7 Å². The molecule has 0 aliphatic heterocycles. The maximum absolute atomic E-state index is 13.8. The molecule has 0 spiro atoms. The van der Waals surface area contributed by atoms with Gasteiger partial charge in [0.15, 0.2) is 5.58 Å². The molecule has 0 aliphatic rings. The SMILES string of the molecule is O=c1oc2ccc(Cl)cc2n1Cc1cn(-c2ccccc2F)nn1. The average Bonchev–Trinajstić information content (AvgIpc) is 3.14. The summed E-state index contributed by atoms with van der Waals surface area (Å²) in [6.07, 6.45) is 1.56. The minimum Gasteiger partial charge on any atom is -0.408 e. The second-order valence-corrected chi connectivity index (χ2v) is 5.61. The number of oxazole rings is 1. The van der Waals surface area contributed by atoms with Gasteiger partial charge in [-0.15, -0.1) is 5.10 Å². The summed E-state index contributed by atoms with van der Waals surface area (Å²) in [5.74, 6) is -0.931. The van der Waals surface area contributed by atoms with E-state index in [1.165, 1.54) is 15.3 Å². The van der Waals surface area contributed by atoms with Crippen LogP contribution in [-0.2, 0) is 6.54 Å². The molecule has 0 saturated carbocycles. The lowest BCUT2D eigenvalue weighted by Gasteiger charge is -2.00. The molecule has 120 valence electrons. The van der Waals surface area contributed by atoms with Crippen LogP contribution in [0.15, 0.2) is 57.9 Å². The molecule has 8 heteroatoms. The van der Waals surface area contributed by atoms with Crippen molar-refractivity contribution in [2.45, 2.75) is 6.54 Å². The Hall–Kier alpha value is -2.93. The van der Waals surface area contributed by atoms with Gasteiger partial charge in [0, 0.05) is 5.02 Å². The smallest absolute Gasteiger partial charge is 0.408 e. The Labute approximate surface area is 139 Å². The summed E-state index contributed by atoms with van der Waals surface area (Å²) in [6.45, 7) is 0.140. The normalized spacial score (nSPS) is 11.2. The van der Waals surface area contributed by atoms with E-state index in [-0.39, 0.29) is 12.2 Å². The van der Waals surface area contributed by atoms with E-state index in [1.807, 2.05) is 0 Å². The topological polar surface area (TPSA) is 65.8 Å². The molecule has 0 N–H and O–H groups in total. The van der Waals surface area contributed by atoms with Crippen molar-refractivity contribution in [2.24, 2.45) is 0 Å². The molecular formula is C16H10ClFN4O2. The largest absolute Gasteiger partial charge is 0.420 e. The van der Waals surface area contributed by atoms with Gasteiger partial charge in [-0.3, -0.25) is 4.57 Å². The number of fused-ring (bicyclic) bond motifs is 1. The van der Waals surface area contributed by atoms with Gasteiger partial charge in [0.2, 0.25) is 0 Å². The van der Waals surface area contributed by atoms with Gasteiger partial charge in [-0.25, -0.2) is 13.9 Å².